The summed E-state index contributed by atoms with van der Waals surface area (Å²) in [6.45, 7) is 12.7. The lowest BCUT2D eigenvalue weighted by Crippen LogP contribution is -2.23. The molecule has 4 heteroatoms. The van der Waals surface area contributed by atoms with E-state index in [0.717, 1.165) is 19.6 Å². The molecule has 0 fully saturated rings. The lowest BCUT2D eigenvalue weighted by Gasteiger charge is -2.13. The second-order valence-electron chi connectivity index (χ2n) is 4.87. The molecule has 0 aliphatic rings. The third-order valence-electron chi connectivity index (χ3n) is 2.50. The third-order valence-corrected chi connectivity index (χ3v) is 2.50. The summed E-state index contributed by atoms with van der Waals surface area (Å²) in [6.07, 6.45) is -0.353. The Hall–Kier alpha value is -1.04. The highest BCUT2D eigenvalue weighted by Gasteiger charge is 2.05. The first-order valence-electron chi connectivity index (χ1n) is 7.02. The van der Waals surface area contributed by atoms with E-state index in [9.17, 15) is 5.11 Å². The maximum atomic E-state index is 9.39. The largest absolute Gasteiger partial charge is 0.378 e. The van der Waals surface area contributed by atoms with Crippen LogP contribution in [0.3, 0.4) is 0 Å². The molecule has 0 aliphatic carbocycles. The first-order chi connectivity index (χ1) is 9.39. The molecule has 0 aliphatic heterocycles. The van der Waals surface area contributed by atoms with Crippen LogP contribution in [0, 0.1) is 23.7 Å². The number of hydrogen-bond acceptors (Lipinski definition) is 4. The zero-order valence-corrected chi connectivity index (χ0v) is 13.3. The van der Waals surface area contributed by atoms with E-state index in [1.165, 1.54) is 0 Å². The molecule has 114 valence electrons. The van der Waals surface area contributed by atoms with E-state index in [-0.39, 0.29) is 12.9 Å². The Bertz CT molecular complexity index is 361. The van der Waals surface area contributed by atoms with E-state index in [2.05, 4.69) is 42.4 Å². The lowest BCUT2D eigenvalue weighted by molar-refractivity contribution is -0.110. The molecule has 0 spiro atoms. The fourth-order valence-corrected chi connectivity index (χ4v) is 1.28. The molecule has 4 nitrogen and oxygen atoms in total. The van der Waals surface area contributed by atoms with Crippen LogP contribution in [0.15, 0.2) is 0 Å². The molecule has 0 aromatic carbocycles. The predicted octanol–water partition coefficient (Wildman–Crippen LogP) is 1.49. The molecule has 1 unspecified atom stereocenters. The van der Waals surface area contributed by atoms with E-state index in [1.54, 1.807) is 20.8 Å². The Morgan fingerprint density at radius 2 is 1.60 bits per heavy atom. The zero-order chi connectivity index (χ0) is 15.4. The van der Waals surface area contributed by atoms with Crippen molar-refractivity contribution in [3.8, 4) is 23.7 Å². The highest BCUT2D eigenvalue weighted by atomic mass is 16.7. The quantitative estimate of drug-likeness (QED) is 0.567. The smallest absolute Gasteiger partial charge is 0.157 e. The van der Waals surface area contributed by atoms with Gasteiger partial charge in [-0.25, -0.2) is 0 Å². The summed E-state index contributed by atoms with van der Waals surface area (Å²) >= 11 is 0. The van der Waals surface area contributed by atoms with Gasteiger partial charge in [0, 0.05) is 0 Å². The van der Waals surface area contributed by atoms with Crippen molar-refractivity contribution in [2.24, 2.45) is 0 Å². The van der Waals surface area contributed by atoms with Gasteiger partial charge in [-0.15, -0.1) is 0 Å². The monoisotopic (exact) mass is 281 g/mol. The van der Waals surface area contributed by atoms with Gasteiger partial charge in [0.2, 0.25) is 0 Å². The summed E-state index contributed by atoms with van der Waals surface area (Å²) in [5.74, 6) is 11.4. The van der Waals surface area contributed by atoms with E-state index < -0.39 is 5.60 Å². The van der Waals surface area contributed by atoms with Gasteiger partial charge >= 0.3 is 0 Å². The van der Waals surface area contributed by atoms with Crippen molar-refractivity contribution in [2.75, 3.05) is 32.8 Å². The molecule has 0 bridgehead atoms. The van der Waals surface area contributed by atoms with Crippen molar-refractivity contribution in [2.45, 2.75) is 46.5 Å². The van der Waals surface area contributed by atoms with Crippen molar-refractivity contribution < 1.29 is 14.6 Å². The number of rotatable bonds is 7. The van der Waals surface area contributed by atoms with Crippen LogP contribution in [-0.2, 0) is 9.47 Å². The van der Waals surface area contributed by atoms with Crippen LogP contribution in [0.2, 0.25) is 0 Å². The van der Waals surface area contributed by atoms with Crippen LogP contribution < -0.4 is 0 Å². The molecule has 0 radical (unpaired) electrons. The van der Waals surface area contributed by atoms with Gasteiger partial charge in [0.1, 0.15) is 18.8 Å². The van der Waals surface area contributed by atoms with Gasteiger partial charge in [-0.1, -0.05) is 37.5 Å². The van der Waals surface area contributed by atoms with Gasteiger partial charge < -0.3 is 14.6 Å². The van der Waals surface area contributed by atoms with Gasteiger partial charge in [0.05, 0.1) is 6.54 Å². The van der Waals surface area contributed by atoms with Crippen LogP contribution >= 0.6 is 0 Å². The lowest BCUT2D eigenvalue weighted by atomic mass is 10.1. The second-order valence-corrected chi connectivity index (χ2v) is 4.87. The summed E-state index contributed by atoms with van der Waals surface area (Å²) < 4.78 is 10.7. The molecule has 0 rings (SSSR count). The van der Waals surface area contributed by atoms with Gasteiger partial charge in [-0.3, -0.25) is 4.90 Å². The van der Waals surface area contributed by atoms with Crippen LogP contribution in [0.4, 0.5) is 0 Å². The fraction of sp³-hybridized carbons (Fsp3) is 0.750. The maximum Gasteiger partial charge on any atom is 0.157 e. The normalized spacial score (nSPS) is 12.3. The first-order valence-corrected chi connectivity index (χ1v) is 7.02. The van der Waals surface area contributed by atoms with Crippen LogP contribution in [0.1, 0.15) is 34.6 Å². The SMILES string of the molecule is CCN(CC)CC#CCOC(C)OCC#CC(C)(C)O. The first kappa shape index (κ1) is 19.0. The van der Waals surface area contributed by atoms with Crippen molar-refractivity contribution in [1.29, 1.82) is 0 Å². The molecule has 0 saturated heterocycles. The van der Waals surface area contributed by atoms with Crippen molar-refractivity contribution >= 4 is 0 Å². The Morgan fingerprint density at radius 3 is 2.10 bits per heavy atom. The number of nitrogens with zero attached hydrogens (tertiary/aromatic N) is 1. The summed E-state index contributed by atoms with van der Waals surface area (Å²) in [4.78, 5) is 2.24. The number of hydrogen-bond donors (Lipinski definition) is 1. The molecule has 1 N–H and O–H groups in total. The second kappa shape index (κ2) is 10.7. The molecule has 20 heavy (non-hydrogen) atoms. The molecular formula is C16H27NO3. The molecule has 0 saturated carbocycles. The molecule has 1 atom stereocenters. The average Bonchev–Trinajstić information content (AvgIpc) is 2.38. The standard InChI is InChI=1S/C16H27NO3/c1-6-17(7-2)12-8-9-13-19-15(3)20-14-10-11-16(4,5)18/h15,18H,6-7,12-14H2,1-5H3. The summed E-state index contributed by atoms with van der Waals surface area (Å²) in [5, 5.41) is 9.39. The highest BCUT2D eigenvalue weighted by molar-refractivity contribution is 5.10. The van der Waals surface area contributed by atoms with E-state index in [0.29, 0.717) is 6.61 Å². The van der Waals surface area contributed by atoms with Crippen LogP contribution in [0.5, 0.6) is 0 Å². The van der Waals surface area contributed by atoms with Crippen LogP contribution in [0.25, 0.3) is 0 Å². The summed E-state index contributed by atoms with van der Waals surface area (Å²) in [5.41, 5.74) is -0.983. The molecule has 0 aromatic rings. The average molecular weight is 281 g/mol. The van der Waals surface area contributed by atoms with E-state index in [1.807, 2.05) is 0 Å². The Balaban J connectivity index is 3.76. The highest BCUT2D eigenvalue weighted by Crippen LogP contribution is 1.97. The van der Waals surface area contributed by atoms with Crippen molar-refractivity contribution in [3.63, 3.8) is 0 Å². The van der Waals surface area contributed by atoms with Gasteiger partial charge in [0.15, 0.2) is 6.29 Å². The summed E-state index contributed by atoms with van der Waals surface area (Å²) in [7, 11) is 0. The number of aliphatic hydroxyl groups is 1. The topological polar surface area (TPSA) is 41.9 Å². The Labute approximate surface area is 123 Å². The zero-order valence-electron chi connectivity index (χ0n) is 13.3. The van der Waals surface area contributed by atoms with E-state index in [4.69, 9.17) is 9.47 Å². The Kier molecular flexibility index (Phi) is 10.2. The van der Waals surface area contributed by atoms with Crippen LogP contribution in [-0.4, -0.2) is 54.7 Å². The van der Waals surface area contributed by atoms with Crippen molar-refractivity contribution in [1.82, 2.24) is 4.90 Å². The molecule has 0 heterocycles. The van der Waals surface area contributed by atoms with Crippen molar-refractivity contribution in [3.05, 3.63) is 0 Å². The molecule has 0 amide bonds. The predicted molar refractivity (Wildman–Crippen MR) is 81.0 cm³/mol. The van der Waals surface area contributed by atoms with Gasteiger partial charge in [-0.05, 0) is 33.9 Å². The van der Waals surface area contributed by atoms with Gasteiger partial charge in [-0.2, -0.15) is 0 Å². The van der Waals surface area contributed by atoms with Gasteiger partial charge in [0.25, 0.3) is 0 Å². The maximum absolute atomic E-state index is 9.39. The fourth-order valence-electron chi connectivity index (χ4n) is 1.28. The minimum atomic E-state index is -0.983. The minimum absolute atomic E-state index is 0.234. The minimum Gasteiger partial charge on any atom is -0.378 e. The molecule has 0 aromatic heterocycles. The summed E-state index contributed by atoms with van der Waals surface area (Å²) in [6, 6.07) is 0. The number of ether oxygens (including phenoxy) is 2. The third kappa shape index (κ3) is 12.0. The molecular weight excluding hydrogens is 254 g/mol. The Morgan fingerprint density at radius 1 is 1.05 bits per heavy atom. The van der Waals surface area contributed by atoms with E-state index >= 15 is 0 Å².